The topological polar surface area (TPSA) is 81.7 Å². The zero-order valence-corrected chi connectivity index (χ0v) is 13.0. The van der Waals surface area contributed by atoms with E-state index in [0.29, 0.717) is 18.5 Å². The van der Waals surface area contributed by atoms with Gasteiger partial charge in [0.15, 0.2) is 0 Å². The summed E-state index contributed by atoms with van der Waals surface area (Å²) in [5, 5.41) is 16.0. The van der Waals surface area contributed by atoms with Crippen LogP contribution in [0.4, 0.5) is 6.01 Å². The summed E-state index contributed by atoms with van der Waals surface area (Å²) in [4.78, 5) is 3.98. The molecule has 3 aromatic heterocycles. The maximum Gasteiger partial charge on any atom is 0.316 e. The van der Waals surface area contributed by atoms with Crippen molar-refractivity contribution in [3.63, 3.8) is 0 Å². The lowest BCUT2D eigenvalue weighted by Gasteiger charge is -2.11. The van der Waals surface area contributed by atoms with Crippen molar-refractivity contribution in [2.24, 2.45) is 7.05 Å². The highest BCUT2D eigenvalue weighted by Crippen LogP contribution is 2.24. The summed E-state index contributed by atoms with van der Waals surface area (Å²) in [6.07, 6.45) is 8.06. The standard InChI is InChI=1S/C16H18N6O/c1-22-14(12-4-2-3-5-13(12)21-22)10-18-16-20-19-15(23-16)11-6-8-17-9-7-11/h6-9H,2-5,10H2,1H3,(H,18,20). The molecule has 0 unspecified atom stereocenters. The Kier molecular flexibility index (Phi) is 3.53. The molecule has 1 N–H and O–H groups in total. The van der Waals surface area contributed by atoms with Crippen molar-refractivity contribution in [1.82, 2.24) is 25.0 Å². The van der Waals surface area contributed by atoms with Crippen LogP contribution in [0.2, 0.25) is 0 Å². The van der Waals surface area contributed by atoms with Crippen molar-refractivity contribution < 1.29 is 4.42 Å². The lowest BCUT2D eigenvalue weighted by atomic mass is 9.96. The second-order valence-electron chi connectivity index (χ2n) is 5.70. The van der Waals surface area contributed by atoms with E-state index in [9.17, 15) is 0 Å². The maximum absolute atomic E-state index is 5.66. The SMILES string of the molecule is Cn1nc2c(c1CNc1nnc(-c3ccncc3)o1)CCCC2. The van der Waals surface area contributed by atoms with E-state index in [-0.39, 0.29) is 0 Å². The van der Waals surface area contributed by atoms with Gasteiger partial charge in [-0.2, -0.15) is 5.10 Å². The van der Waals surface area contributed by atoms with Crippen LogP contribution in [0.5, 0.6) is 0 Å². The van der Waals surface area contributed by atoms with Gasteiger partial charge in [-0.1, -0.05) is 5.10 Å². The molecule has 0 saturated heterocycles. The van der Waals surface area contributed by atoms with Gasteiger partial charge in [0.05, 0.1) is 17.9 Å². The molecule has 1 aliphatic carbocycles. The summed E-state index contributed by atoms with van der Waals surface area (Å²) in [5.74, 6) is 0.488. The van der Waals surface area contributed by atoms with Gasteiger partial charge in [0.1, 0.15) is 0 Å². The molecule has 0 spiro atoms. The third kappa shape index (κ3) is 2.69. The summed E-state index contributed by atoms with van der Waals surface area (Å²) in [6, 6.07) is 4.10. The zero-order chi connectivity index (χ0) is 15.6. The summed E-state index contributed by atoms with van der Waals surface area (Å²) in [7, 11) is 1.99. The van der Waals surface area contributed by atoms with Crippen LogP contribution in [0.25, 0.3) is 11.5 Å². The minimum atomic E-state index is 0.419. The van der Waals surface area contributed by atoms with E-state index >= 15 is 0 Å². The van der Waals surface area contributed by atoms with E-state index in [2.05, 4.69) is 25.6 Å². The van der Waals surface area contributed by atoms with Gasteiger partial charge in [0.25, 0.3) is 0 Å². The minimum absolute atomic E-state index is 0.419. The molecule has 0 amide bonds. The molecular formula is C16H18N6O. The fourth-order valence-electron chi connectivity index (χ4n) is 3.03. The highest BCUT2D eigenvalue weighted by atomic mass is 16.4. The van der Waals surface area contributed by atoms with Crippen LogP contribution in [0.1, 0.15) is 29.8 Å². The Balaban J connectivity index is 1.50. The third-order valence-corrected chi connectivity index (χ3v) is 4.21. The van der Waals surface area contributed by atoms with E-state index in [1.54, 1.807) is 12.4 Å². The number of rotatable bonds is 4. The molecule has 118 valence electrons. The zero-order valence-electron chi connectivity index (χ0n) is 13.0. The molecule has 0 saturated carbocycles. The lowest BCUT2D eigenvalue weighted by Crippen LogP contribution is -2.09. The molecule has 7 heteroatoms. The Morgan fingerprint density at radius 3 is 2.87 bits per heavy atom. The molecule has 0 fully saturated rings. The summed E-state index contributed by atoms with van der Waals surface area (Å²) >= 11 is 0. The number of anilines is 1. The Morgan fingerprint density at radius 2 is 2.00 bits per heavy atom. The number of aromatic nitrogens is 5. The van der Waals surface area contributed by atoms with Gasteiger partial charge in [-0.05, 0) is 43.4 Å². The summed E-state index contributed by atoms with van der Waals surface area (Å²) < 4.78 is 7.62. The largest absolute Gasteiger partial charge is 0.403 e. The minimum Gasteiger partial charge on any atom is -0.403 e. The van der Waals surface area contributed by atoms with Crippen molar-refractivity contribution >= 4 is 6.01 Å². The second kappa shape index (κ2) is 5.83. The van der Waals surface area contributed by atoms with Gasteiger partial charge < -0.3 is 9.73 Å². The van der Waals surface area contributed by atoms with Crippen LogP contribution in [0, 0.1) is 0 Å². The average Bonchev–Trinajstić information content (AvgIpc) is 3.18. The molecule has 7 nitrogen and oxygen atoms in total. The fraction of sp³-hybridized carbons (Fsp3) is 0.375. The van der Waals surface area contributed by atoms with Crippen molar-refractivity contribution in [3.05, 3.63) is 41.5 Å². The van der Waals surface area contributed by atoms with Crippen molar-refractivity contribution in [3.8, 4) is 11.5 Å². The smallest absolute Gasteiger partial charge is 0.316 e. The second-order valence-corrected chi connectivity index (χ2v) is 5.70. The van der Waals surface area contributed by atoms with E-state index in [0.717, 1.165) is 18.4 Å². The molecule has 0 radical (unpaired) electrons. The Bertz CT molecular complexity index is 807. The predicted molar refractivity (Wildman–Crippen MR) is 84.7 cm³/mol. The molecule has 0 atom stereocenters. The van der Waals surface area contributed by atoms with E-state index < -0.39 is 0 Å². The molecule has 0 aromatic carbocycles. The molecule has 0 bridgehead atoms. The lowest BCUT2D eigenvalue weighted by molar-refractivity contribution is 0.578. The number of aryl methyl sites for hydroxylation is 2. The van der Waals surface area contributed by atoms with Crippen LogP contribution >= 0.6 is 0 Å². The first-order chi connectivity index (χ1) is 11.3. The van der Waals surface area contributed by atoms with Crippen molar-refractivity contribution in [2.75, 3.05) is 5.32 Å². The number of nitrogens with one attached hydrogen (secondary N) is 1. The molecule has 3 aromatic rings. The van der Waals surface area contributed by atoms with Gasteiger partial charge in [0, 0.05) is 25.0 Å². The van der Waals surface area contributed by atoms with Crippen LogP contribution < -0.4 is 5.32 Å². The highest BCUT2D eigenvalue weighted by molar-refractivity contribution is 5.51. The van der Waals surface area contributed by atoms with E-state index in [1.807, 2.05) is 23.9 Å². The molecule has 1 aliphatic rings. The summed E-state index contributed by atoms with van der Waals surface area (Å²) in [5.41, 5.74) is 4.67. The van der Waals surface area contributed by atoms with E-state index in [4.69, 9.17) is 4.42 Å². The van der Waals surface area contributed by atoms with Gasteiger partial charge in [-0.3, -0.25) is 9.67 Å². The molecule has 3 heterocycles. The molecule has 23 heavy (non-hydrogen) atoms. The van der Waals surface area contributed by atoms with Crippen LogP contribution in [0.3, 0.4) is 0 Å². The summed E-state index contributed by atoms with van der Waals surface area (Å²) in [6.45, 7) is 0.636. The monoisotopic (exact) mass is 310 g/mol. The Morgan fingerprint density at radius 1 is 1.17 bits per heavy atom. The van der Waals surface area contributed by atoms with Gasteiger partial charge in [-0.25, -0.2) is 0 Å². The number of pyridine rings is 1. The maximum atomic E-state index is 5.66. The van der Waals surface area contributed by atoms with Crippen LogP contribution in [0.15, 0.2) is 28.9 Å². The van der Waals surface area contributed by atoms with Crippen molar-refractivity contribution in [1.29, 1.82) is 0 Å². The molecular weight excluding hydrogens is 292 g/mol. The highest BCUT2D eigenvalue weighted by Gasteiger charge is 2.19. The van der Waals surface area contributed by atoms with Gasteiger partial charge in [-0.15, -0.1) is 5.10 Å². The predicted octanol–water partition coefficient (Wildman–Crippen LogP) is 2.36. The first kappa shape index (κ1) is 13.9. The van der Waals surface area contributed by atoms with E-state index in [1.165, 1.54) is 29.8 Å². The third-order valence-electron chi connectivity index (χ3n) is 4.21. The van der Waals surface area contributed by atoms with Crippen LogP contribution in [-0.2, 0) is 26.4 Å². The van der Waals surface area contributed by atoms with Crippen LogP contribution in [-0.4, -0.2) is 25.0 Å². The first-order valence-corrected chi connectivity index (χ1v) is 7.82. The van der Waals surface area contributed by atoms with Gasteiger partial charge >= 0.3 is 6.01 Å². The number of hydrogen-bond acceptors (Lipinski definition) is 6. The van der Waals surface area contributed by atoms with Crippen molar-refractivity contribution in [2.45, 2.75) is 32.2 Å². The number of fused-ring (bicyclic) bond motifs is 1. The first-order valence-electron chi connectivity index (χ1n) is 7.82. The quantitative estimate of drug-likeness (QED) is 0.796. The Labute approximate surface area is 133 Å². The number of nitrogens with zero attached hydrogens (tertiary/aromatic N) is 5. The fourth-order valence-corrected chi connectivity index (χ4v) is 3.03. The number of hydrogen-bond donors (Lipinski definition) is 1. The Hall–Kier alpha value is -2.70. The normalized spacial score (nSPS) is 13.8. The molecule has 0 aliphatic heterocycles. The average molecular weight is 310 g/mol. The van der Waals surface area contributed by atoms with Gasteiger partial charge in [0.2, 0.25) is 5.89 Å². The molecule has 4 rings (SSSR count).